The summed E-state index contributed by atoms with van der Waals surface area (Å²) in [6, 6.07) is 0. The molecule has 56 valence electrons. The van der Waals surface area contributed by atoms with Crippen molar-refractivity contribution in [3.05, 3.63) is 0 Å². The minimum Gasteiger partial charge on any atom is -0.369 e. The van der Waals surface area contributed by atoms with Gasteiger partial charge in [0.05, 0.1) is 12.2 Å². The Balaban J connectivity index is 1.96. The lowest BCUT2D eigenvalue weighted by atomic mass is 9.82. The van der Waals surface area contributed by atoms with Crippen LogP contribution in [0.1, 0.15) is 20.3 Å². The average Bonchev–Trinajstić information content (AvgIpc) is 2.57. The molecule has 0 N–H and O–H groups in total. The van der Waals surface area contributed by atoms with Gasteiger partial charge in [-0.15, -0.1) is 0 Å². The van der Waals surface area contributed by atoms with E-state index in [1.165, 1.54) is 6.42 Å². The molecular formula is C9H14O. The summed E-state index contributed by atoms with van der Waals surface area (Å²) < 4.78 is 5.58. The molecule has 1 heteroatoms. The van der Waals surface area contributed by atoms with Crippen LogP contribution in [0.25, 0.3) is 0 Å². The van der Waals surface area contributed by atoms with Crippen LogP contribution >= 0.6 is 0 Å². The van der Waals surface area contributed by atoms with Crippen molar-refractivity contribution in [2.24, 2.45) is 23.7 Å². The monoisotopic (exact) mass is 138 g/mol. The smallest absolute Gasteiger partial charge is 0.0875 e. The van der Waals surface area contributed by atoms with Gasteiger partial charge in [0.15, 0.2) is 0 Å². The first-order chi connectivity index (χ1) is 4.79. The molecule has 3 aliphatic rings. The summed E-state index contributed by atoms with van der Waals surface area (Å²) >= 11 is 0. The van der Waals surface area contributed by atoms with Crippen LogP contribution < -0.4 is 0 Å². The molecule has 1 heterocycles. The van der Waals surface area contributed by atoms with Crippen LogP contribution in [0.3, 0.4) is 0 Å². The fourth-order valence-electron chi connectivity index (χ4n) is 3.22. The summed E-state index contributed by atoms with van der Waals surface area (Å²) in [4.78, 5) is 0. The summed E-state index contributed by atoms with van der Waals surface area (Å²) in [7, 11) is 0. The predicted molar refractivity (Wildman–Crippen MR) is 38.6 cm³/mol. The minimum atomic E-state index is 0.705. The molecule has 0 amide bonds. The van der Waals surface area contributed by atoms with Crippen molar-refractivity contribution >= 4 is 0 Å². The summed E-state index contributed by atoms with van der Waals surface area (Å²) in [5.74, 6) is 3.75. The van der Waals surface area contributed by atoms with Gasteiger partial charge in [0.25, 0.3) is 0 Å². The molecule has 0 aromatic carbocycles. The molecule has 0 unspecified atom stereocenters. The number of hydrogen-bond acceptors (Lipinski definition) is 1. The lowest BCUT2D eigenvalue weighted by Gasteiger charge is -2.20. The first-order valence-corrected chi connectivity index (χ1v) is 4.44. The van der Waals surface area contributed by atoms with Gasteiger partial charge in [-0.25, -0.2) is 0 Å². The van der Waals surface area contributed by atoms with Gasteiger partial charge < -0.3 is 4.74 Å². The second-order valence-electron chi connectivity index (χ2n) is 4.35. The molecule has 6 atom stereocenters. The lowest BCUT2D eigenvalue weighted by molar-refractivity contribution is 0.253. The quantitative estimate of drug-likeness (QED) is 0.464. The van der Waals surface area contributed by atoms with Crippen LogP contribution in [0, 0.1) is 23.7 Å². The van der Waals surface area contributed by atoms with E-state index in [0.717, 1.165) is 23.7 Å². The van der Waals surface area contributed by atoms with Crippen molar-refractivity contribution in [1.82, 2.24) is 0 Å². The molecule has 10 heavy (non-hydrogen) atoms. The minimum absolute atomic E-state index is 0.705. The van der Waals surface area contributed by atoms with Crippen LogP contribution in [-0.2, 0) is 4.74 Å². The number of fused-ring (bicyclic) bond motifs is 5. The Labute approximate surface area is 61.8 Å². The van der Waals surface area contributed by atoms with Gasteiger partial charge >= 0.3 is 0 Å². The van der Waals surface area contributed by atoms with Crippen molar-refractivity contribution in [3.63, 3.8) is 0 Å². The third kappa shape index (κ3) is 0.430. The Bertz CT molecular complexity index is 160. The van der Waals surface area contributed by atoms with E-state index in [0.29, 0.717) is 12.2 Å². The van der Waals surface area contributed by atoms with Crippen LogP contribution in [0.2, 0.25) is 0 Å². The first kappa shape index (κ1) is 5.59. The number of ether oxygens (including phenoxy) is 1. The molecule has 0 aromatic heterocycles. The van der Waals surface area contributed by atoms with Gasteiger partial charge in [0.1, 0.15) is 0 Å². The molecule has 1 nitrogen and oxygen atoms in total. The van der Waals surface area contributed by atoms with Crippen molar-refractivity contribution in [3.8, 4) is 0 Å². The molecule has 0 aromatic rings. The zero-order valence-electron chi connectivity index (χ0n) is 6.58. The predicted octanol–water partition coefficient (Wildman–Crippen LogP) is 1.68. The third-order valence-electron chi connectivity index (χ3n) is 4.13. The molecule has 0 radical (unpaired) electrons. The fourth-order valence-corrected chi connectivity index (χ4v) is 3.22. The second kappa shape index (κ2) is 1.42. The molecular weight excluding hydrogens is 124 g/mol. The van der Waals surface area contributed by atoms with E-state index >= 15 is 0 Å². The van der Waals surface area contributed by atoms with Gasteiger partial charge in [-0.1, -0.05) is 13.8 Å². The molecule has 1 saturated heterocycles. The SMILES string of the molecule is C[C@@H]1[C@H](C)[C@H]2C[C@@H]1[C@@H]1O[C@H]21. The summed E-state index contributed by atoms with van der Waals surface area (Å²) in [6.45, 7) is 4.79. The van der Waals surface area contributed by atoms with Gasteiger partial charge in [0, 0.05) is 0 Å². The Morgan fingerprint density at radius 2 is 1.50 bits per heavy atom. The maximum absolute atomic E-state index is 5.58. The van der Waals surface area contributed by atoms with Gasteiger partial charge in [-0.3, -0.25) is 0 Å². The van der Waals surface area contributed by atoms with Crippen molar-refractivity contribution in [2.45, 2.75) is 32.5 Å². The largest absolute Gasteiger partial charge is 0.369 e. The molecule has 0 spiro atoms. The van der Waals surface area contributed by atoms with Gasteiger partial charge in [0.2, 0.25) is 0 Å². The van der Waals surface area contributed by atoms with Crippen LogP contribution in [-0.4, -0.2) is 12.2 Å². The third-order valence-corrected chi connectivity index (χ3v) is 4.13. The van der Waals surface area contributed by atoms with Crippen molar-refractivity contribution in [1.29, 1.82) is 0 Å². The molecule has 2 aliphatic carbocycles. The molecule has 1 aliphatic heterocycles. The molecule has 2 bridgehead atoms. The fraction of sp³-hybridized carbons (Fsp3) is 1.00. The summed E-state index contributed by atoms with van der Waals surface area (Å²) in [5.41, 5.74) is 0. The van der Waals surface area contributed by atoms with E-state index in [-0.39, 0.29) is 0 Å². The zero-order valence-corrected chi connectivity index (χ0v) is 6.58. The summed E-state index contributed by atoms with van der Waals surface area (Å²) in [5, 5.41) is 0. The highest BCUT2D eigenvalue weighted by atomic mass is 16.6. The van der Waals surface area contributed by atoms with E-state index < -0.39 is 0 Å². The number of epoxide rings is 1. The zero-order chi connectivity index (χ0) is 6.88. The number of hydrogen-bond donors (Lipinski definition) is 0. The highest BCUT2D eigenvalue weighted by Crippen LogP contribution is 2.61. The van der Waals surface area contributed by atoms with Gasteiger partial charge in [-0.05, 0) is 30.1 Å². The summed E-state index contributed by atoms with van der Waals surface area (Å²) in [6.07, 6.45) is 2.88. The van der Waals surface area contributed by atoms with Crippen molar-refractivity contribution < 1.29 is 4.74 Å². The Morgan fingerprint density at radius 3 is 1.90 bits per heavy atom. The lowest BCUT2D eigenvalue weighted by Crippen LogP contribution is -2.22. The maximum atomic E-state index is 5.58. The average molecular weight is 138 g/mol. The van der Waals surface area contributed by atoms with E-state index in [1.807, 2.05) is 0 Å². The van der Waals surface area contributed by atoms with E-state index in [9.17, 15) is 0 Å². The van der Waals surface area contributed by atoms with E-state index in [2.05, 4.69) is 13.8 Å². The Morgan fingerprint density at radius 1 is 1.00 bits per heavy atom. The Kier molecular flexibility index (Phi) is 0.797. The van der Waals surface area contributed by atoms with Crippen molar-refractivity contribution in [2.75, 3.05) is 0 Å². The van der Waals surface area contributed by atoms with E-state index in [4.69, 9.17) is 4.74 Å². The van der Waals surface area contributed by atoms with Gasteiger partial charge in [-0.2, -0.15) is 0 Å². The van der Waals surface area contributed by atoms with E-state index in [1.54, 1.807) is 0 Å². The molecule has 3 rings (SSSR count). The first-order valence-electron chi connectivity index (χ1n) is 4.44. The second-order valence-corrected chi connectivity index (χ2v) is 4.35. The maximum Gasteiger partial charge on any atom is 0.0875 e. The highest BCUT2D eigenvalue weighted by molar-refractivity contribution is 5.11. The Hall–Kier alpha value is -0.0400. The highest BCUT2D eigenvalue weighted by Gasteiger charge is 2.64. The normalized spacial score (nSPS) is 70.2. The standard InChI is InChI=1S/C9H14O/c1-4-5(2)7-3-6(4)8-9(7)10-8/h4-9H,3H2,1-2H3/t4-,5+,6+,7-,8+,9-. The van der Waals surface area contributed by atoms with Crippen LogP contribution in [0.15, 0.2) is 0 Å². The topological polar surface area (TPSA) is 12.5 Å². The number of rotatable bonds is 0. The molecule has 3 fully saturated rings. The molecule has 2 saturated carbocycles. The van der Waals surface area contributed by atoms with Crippen LogP contribution in [0.4, 0.5) is 0 Å². The van der Waals surface area contributed by atoms with Crippen LogP contribution in [0.5, 0.6) is 0 Å².